The summed E-state index contributed by atoms with van der Waals surface area (Å²) in [7, 11) is 1.23. The standard InChI is InChI=1S/C12H8F2O3/c1-16-12-8(3-4-9(13)11(12)14)10-5-2-7(6-15)17-10/h2-6H,1H3. The van der Waals surface area contributed by atoms with Gasteiger partial charge >= 0.3 is 0 Å². The molecule has 0 aliphatic rings. The van der Waals surface area contributed by atoms with E-state index < -0.39 is 11.6 Å². The molecule has 0 atom stereocenters. The molecule has 2 aromatic rings. The van der Waals surface area contributed by atoms with Gasteiger partial charge in [0.1, 0.15) is 5.76 Å². The van der Waals surface area contributed by atoms with Crippen LogP contribution in [0.1, 0.15) is 10.6 Å². The summed E-state index contributed by atoms with van der Waals surface area (Å²) in [5, 5.41) is 0. The quantitative estimate of drug-likeness (QED) is 0.771. The van der Waals surface area contributed by atoms with E-state index in [2.05, 4.69) is 0 Å². The van der Waals surface area contributed by atoms with Crippen LogP contribution in [0.25, 0.3) is 11.3 Å². The molecule has 88 valence electrons. The van der Waals surface area contributed by atoms with Crippen LogP contribution in [0.5, 0.6) is 5.75 Å². The molecule has 1 heterocycles. The third kappa shape index (κ3) is 1.91. The van der Waals surface area contributed by atoms with E-state index in [1.54, 1.807) is 0 Å². The number of hydrogen-bond donors (Lipinski definition) is 0. The van der Waals surface area contributed by atoms with Gasteiger partial charge in [-0.1, -0.05) is 0 Å². The van der Waals surface area contributed by atoms with Crippen molar-refractivity contribution in [3.8, 4) is 17.1 Å². The first-order valence-corrected chi connectivity index (χ1v) is 4.74. The van der Waals surface area contributed by atoms with Crippen molar-refractivity contribution in [3.05, 3.63) is 41.7 Å². The van der Waals surface area contributed by atoms with E-state index in [1.165, 1.54) is 25.3 Å². The number of carbonyl (C=O) groups is 1. The lowest BCUT2D eigenvalue weighted by Gasteiger charge is -2.07. The average molecular weight is 238 g/mol. The Balaban J connectivity index is 2.58. The van der Waals surface area contributed by atoms with Gasteiger partial charge in [-0.15, -0.1) is 0 Å². The molecule has 0 bridgehead atoms. The summed E-state index contributed by atoms with van der Waals surface area (Å²) < 4.78 is 36.3. The smallest absolute Gasteiger partial charge is 0.201 e. The minimum atomic E-state index is -1.09. The van der Waals surface area contributed by atoms with Gasteiger partial charge in [0.05, 0.1) is 12.7 Å². The zero-order valence-corrected chi connectivity index (χ0v) is 8.87. The predicted octanol–water partition coefficient (Wildman–Crippen LogP) is 3.05. The first-order chi connectivity index (χ1) is 8.17. The molecule has 0 spiro atoms. The number of rotatable bonds is 3. The summed E-state index contributed by atoms with van der Waals surface area (Å²) in [6.07, 6.45) is 0.524. The number of aldehydes is 1. The lowest BCUT2D eigenvalue weighted by Crippen LogP contribution is -1.94. The molecule has 0 amide bonds. The van der Waals surface area contributed by atoms with Crippen LogP contribution < -0.4 is 4.74 Å². The second-order valence-electron chi connectivity index (χ2n) is 3.26. The highest BCUT2D eigenvalue weighted by Crippen LogP contribution is 2.34. The van der Waals surface area contributed by atoms with Crippen molar-refractivity contribution in [2.75, 3.05) is 7.11 Å². The molecule has 0 unspecified atom stereocenters. The molecule has 0 saturated heterocycles. The van der Waals surface area contributed by atoms with E-state index in [1.807, 2.05) is 0 Å². The Bertz CT molecular complexity index is 561. The van der Waals surface area contributed by atoms with Gasteiger partial charge in [0.15, 0.2) is 23.6 Å². The number of halogens is 2. The predicted molar refractivity (Wildman–Crippen MR) is 56.0 cm³/mol. The summed E-state index contributed by atoms with van der Waals surface area (Å²) in [6.45, 7) is 0. The summed E-state index contributed by atoms with van der Waals surface area (Å²) in [6, 6.07) is 5.21. The Morgan fingerprint density at radius 3 is 2.59 bits per heavy atom. The summed E-state index contributed by atoms with van der Waals surface area (Å²) in [4.78, 5) is 10.5. The van der Waals surface area contributed by atoms with E-state index in [4.69, 9.17) is 9.15 Å². The molecule has 1 aromatic heterocycles. The lowest BCUT2D eigenvalue weighted by molar-refractivity contribution is 0.110. The van der Waals surface area contributed by atoms with E-state index in [0.717, 1.165) is 6.07 Å². The van der Waals surface area contributed by atoms with E-state index in [-0.39, 0.29) is 22.8 Å². The largest absolute Gasteiger partial charge is 0.493 e. The number of carbonyl (C=O) groups excluding carboxylic acids is 1. The van der Waals surface area contributed by atoms with Gasteiger partial charge in [0.2, 0.25) is 5.82 Å². The van der Waals surface area contributed by atoms with Crippen molar-refractivity contribution >= 4 is 6.29 Å². The number of hydrogen-bond acceptors (Lipinski definition) is 3. The average Bonchev–Trinajstić information content (AvgIpc) is 2.81. The topological polar surface area (TPSA) is 39.4 Å². The molecule has 1 aromatic carbocycles. The van der Waals surface area contributed by atoms with E-state index >= 15 is 0 Å². The Morgan fingerprint density at radius 2 is 2.00 bits per heavy atom. The Labute approximate surface area is 95.6 Å². The third-order valence-electron chi connectivity index (χ3n) is 2.26. The maximum atomic E-state index is 13.4. The van der Waals surface area contributed by atoms with Crippen LogP contribution in [0, 0.1) is 11.6 Å². The molecule has 17 heavy (non-hydrogen) atoms. The lowest BCUT2D eigenvalue weighted by atomic mass is 10.1. The number of benzene rings is 1. The van der Waals surface area contributed by atoms with Crippen LogP contribution >= 0.6 is 0 Å². The summed E-state index contributed by atoms with van der Waals surface area (Å²) >= 11 is 0. The maximum Gasteiger partial charge on any atom is 0.201 e. The first kappa shape index (κ1) is 11.3. The second kappa shape index (κ2) is 4.37. The van der Waals surface area contributed by atoms with Crippen molar-refractivity contribution in [1.82, 2.24) is 0 Å². The normalized spacial score (nSPS) is 10.3. The van der Waals surface area contributed by atoms with Crippen molar-refractivity contribution in [3.63, 3.8) is 0 Å². The maximum absolute atomic E-state index is 13.4. The highest BCUT2D eigenvalue weighted by atomic mass is 19.2. The summed E-state index contributed by atoms with van der Waals surface area (Å²) in [5.74, 6) is -2.01. The molecule has 5 heteroatoms. The van der Waals surface area contributed by atoms with Crippen molar-refractivity contribution in [2.24, 2.45) is 0 Å². The number of ether oxygens (including phenoxy) is 1. The highest BCUT2D eigenvalue weighted by Gasteiger charge is 2.17. The molecule has 0 radical (unpaired) electrons. The summed E-state index contributed by atoms with van der Waals surface area (Å²) in [5.41, 5.74) is 0.250. The van der Waals surface area contributed by atoms with Gasteiger partial charge in [0.25, 0.3) is 0 Å². The van der Waals surface area contributed by atoms with Crippen LogP contribution in [0.15, 0.2) is 28.7 Å². The Hall–Kier alpha value is -2.17. The zero-order chi connectivity index (χ0) is 12.4. The van der Waals surface area contributed by atoms with Crippen molar-refractivity contribution in [2.45, 2.75) is 0 Å². The third-order valence-corrected chi connectivity index (χ3v) is 2.26. The molecular formula is C12H8F2O3. The van der Waals surface area contributed by atoms with Gasteiger partial charge < -0.3 is 9.15 Å². The van der Waals surface area contributed by atoms with Crippen LogP contribution in [-0.4, -0.2) is 13.4 Å². The fourth-order valence-corrected chi connectivity index (χ4v) is 1.49. The fraction of sp³-hybridized carbons (Fsp3) is 0.0833. The Kier molecular flexibility index (Phi) is 2.91. The second-order valence-corrected chi connectivity index (χ2v) is 3.26. The minimum absolute atomic E-state index is 0.104. The monoisotopic (exact) mass is 238 g/mol. The van der Waals surface area contributed by atoms with Crippen LogP contribution in [0.4, 0.5) is 8.78 Å². The van der Waals surface area contributed by atoms with Crippen molar-refractivity contribution < 1.29 is 22.7 Å². The van der Waals surface area contributed by atoms with Gasteiger partial charge in [-0.05, 0) is 24.3 Å². The fourth-order valence-electron chi connectivity index (χ4n) is 1.49. The van der Waals surface area contributed by atoms with Crippen LogP contribution in [0.3, 0.4) is 0 Å². The van der Waals surface area contributed by atoms with Gasteiger partial charge in [-0.2, -0.15) is 4.39 Å². The molecular weight excluding hydrogens is 230 g/mol. The molecule has 0 aliphatic heterocycles. The van der Waals surface area contributed by atoms with E-state index in [0.29, 0.717) is 6.29 Å². The highest BCUT2D eigenvalue weighted by molar-refractivity contribution is 5.74. The van der Waals surface area contributed by atoms with Gasteiger partial charge in [-0.25, -0.2) is 4.39 Å². The molecule has 2 rings (SSSR count). The molecule has 0 N–H and O–H groups in total. The molecule has 0 fully saturated rings. The Morgan fingerprint density at radius 1 is 1.24 bits per heavy atom. The van der Waals surface area contributed by atoms with Gasteiger partial charge in [-0.3, -0.25) is 4.79 Å². The van der Waals surface area contributed by atoms with E-state index in [9.17, 15) is 13.6 Å². The van der Waals surface area contributed by atoms with Crippen LogP contribution in [0.2, 0.25) is 0 Å². The molecule has 0 saturated carbocycles. The SMILES string of the molecule is COc1c(-c2ccc(C=O)o2)ccc(F)c1F. The molecule has 3 nitrogen and oxygen atoms in total. The molecule has 0 aliphatic carbocycles. The number of methoxy groups -OCH3 is 1. The number of furan rings is 1. The van der Waals surface area contributed by atoms with Crippen molar-refractivity contribution in [1.29, 1.82) is 0 Å². The first-order valence-electron chi connectivity index (χ1n) is 4.74. The van der Waals surface area contributed by atoms with Gasteiger partial charge in [0, 0.05) is 0 Å². The van der Waals surface area contributed by atoms with Crippen LogP contribution in [-0.2, 0) is 0 Å². The zero-order valence-electron chi connectivity index (χ0n) is 8.87. The minimum Gasteiger partial charge on any atom is -0.493 e.